The van der Waals surface area contributed by atoms with Gasteiger partial charge in [0.15, 0.2) is 0 Å². The molecule has 1 saturated heterocycles. The molecule has 0 bridgehead atoms. The highest BCUT2D eigenvalue weighted by molar-refractivity contribution is 7.15. The van der Waals surface area contributed by atoms with Crippen LogP contribution in [-0.4, -0.2) is 41.9 Å². The number of hydrogen-bond acceptors (Lipinski definition) is 3. The van der Waals surface area contributed by atoms with Crippen molar-refractivity contribution in [1.29, 1.82) is 0 Å². The zero-order valence-electron chi connectivity index (χ0n) is 14.3. The van der Waals surface area contributed by atoms with E-state index in [1.54, 1.807) is 23.5 Å². The minimum atomic E-state index is -0.195. The highest BCUT2D eigenvalue weighted by Gasteiger charge is 2.31. The molecule has 3 nitrogen and oxygen atoms in total. The van der Waals surface area contributed by atoms with Gasteiger partial charge in [0.2, 0.25) is 5.91 Å². The molecule has 0 unspecified atom stereocenters. The molecular weight excluding hydrogens is 335 g/mol. The molecule has 25 heavy (non-hydrogen) atoms. The maximum Gasteiger partial charge on any atom is 0.225 e. The maximum atomic E-state index is 13.4. The van der Waals surface area contributed by atoms with E-state index in [-0.39, 0.29) is 5.82 Å². The summed E-state index contributed by atoms with van der Waals surface area (Å²) >= 11 is 1.72. The van der Waals surface area contributed by atoms with Crippen LogP contribution in [0, 0.1) is 11.7 Å². The van der Waals surface area contributed by atoms with Crippen molar-refractivity contribution in [2.24, 2.45) is 5.92 Å². The van der Waals surface area contributed by atoms with Crippen LogP contribution >= 0.6 is 11.3 Å². The van der Waals surface area contributed by atoms with Crippen LogP contribution in [0.25, 0.3) is 10.4 Å². The summed E-state index contributed by atoms with van der Waals surface area (Å²) in [6.45, 7) is 4.47. The van der Waals surface area contributed by atoms with Crippen LogP contribution < -0.4 is 0 Å². The SMILES string of the molecule is O=C(C1CCC1)N1CCN(Cc2ccc(-c3cccc(F)c3)s2)CC1. The molecule has 0 N–H and O–H groups in total. The van der Waals surface area contributed by atoms with Gasteiger partial charge in [-0.15, -0.1) is 11.3 Å². The molecule has 1 aliphatic carbocycles. The van der Waals surface area contributed by atoms with Crippen molar-refractivity contribution in [3.05, 3.63) is 47.1 Å². The van der Waals surface area contributed by atoms with Gasteiger partial charge < -0.3 is 4.90 Å². The molecule has 1 aromatic heterocycles. The normalized spacial score (nSPS) is 19.0. The zero-order chi connectivity index (χ0) is 17.2. The van der Waals surface area contributed by atoms with E-state index in [0.29, 0.717) is 11.8 Å². The van der Waals surface area contributed by atoms with Gasteiger partial charge in [-0.2, -0.15) is 0 Å². The first-order valence-electron chi connectivity index (χ1n) is 9.05. The van der Waals surface area contributed by atoms with Crippen LogP contribution in [0.15, 0.2) is 36.4 Å². The summed E-state index contributed by atoms with van der Waals surface area (Å²) in [5.41, 5.74) is 0.937. The van der Waals surface area contributed by atoms with Gasteiger partial charge in [0.25, 0.3) is 0 Å². The van der Waals surface area contributed by atoms with Gasteiger partial charge in [0.05, 0.1) is 0 Å². The Labute approximate surface area is 152 Å². The van der Waals surface area contributed by atoms with Crippen LogP contribution in [0.2, 0.25) is 0 Å². The average molecular weight is 358 g/mol. The van der Waals surface area contributed by atoms with Crippen molar-refractivity contribution in [3.63, 3.8) is 0 Å². The third-order valence-electron chi connectivity index (χ3n) is 5.29. The predicted molar refractivity (Wildman–Crippen MR) is 98.9 cm³/mol. The number of thiophene rings is 1. The second kappa shape index (κ2) is 7.26. The lowest BCUT2D eigenvalue weighted by Crippen LogP contribution is -2.50. The Hall–Kier alpha value is -1.72. The third-order valence-corrected chi connectivity index (χ3v) is 6.41. The Kier molecular flexibility index (Phi) is 4.86. The summed E-state index contributed by atoms with van der Waals surface area (Å²) < 4.78 is 13.4. The minimum absolute atomic E-state index is 0.195. The summed E-state index contributed by atoms with van der Waals surface area (Å²) in [7, 11) is 0. The van der Waals surface area contributed by atoms with Crippen molar-refractivity contribution in [2.45, 2.75) is 25.8 Å². The van der Waals surface area contributed by atoms with Crippen molar-refractivity contribution < 1.29 is 9.18 Å². The molecule has 0 atom stereocenters. The molecule has 1 saturated carbocycles. The lowest BCUT2D eigenvalue weighted by molar-refractivity contribution is -0.140. The lowest BCUT2D eigenvalue weighted by Gasteiger charge is -2.38. The number of rotatable bonds is 4. The third kappa shape index (κ3) is 3.77. The predicted octanol–water partition coefficient (Wildman–Crippen LogP) is 4.00. The van der Waals surface area contributed by atoms with E-state index in [1.807, 2.05) is 11.0 Å². The number of amides is 1. The first-order valence-corrected chi connectivity index (χ1v) is 9.86. The van der Waals surface area contributed by atoms with Crippen LogP contribution in [0.5, 0.6) is 0 Å². The standard InChI is InChI=1S/C20H23FN2OS/c21-17-6-2-5-16(13-17)19-8-7-18(25-19)14-22-9-11-23(12-10-22)20(24)15-3-1-4-15/h2,5-8,13,15H,1,3-4,9-12,14H2. The monoisotopic (exact) mass is 358 g/mol. The van der Waals surface area contributed by atoms with E-state index < -0.39 is 0 Å². The first kappa shape index (κ1) is 16.7. The summed E-state index contributed by atoms with van der Waals surface area (Å²) in [4.78, 5) is 19.2. The largest absolute Gasteiger partial charge is 0.340 e. The first-order chi connectivity index (χ1) is 12.2. The maximum absolute atomic E-state index is 13.4. The highest BCUT2D eigenvalue weighted by Crippen LogP contribution is 2.30. The summed E-state index contributed by atoms with van der Waals surface area (Å²) in [5.74, 6) is 0.479. The van der Waals surface area contributed by atoms with E-state index in [2.05, 4.69) is 17.0 Å². The fraction of sp³-hybridized carbons (Fsp3) is 0.450. The number of piperazine rings is 1. The number of carbonyl (C=O) groups is 1. The second-order valence-corrected chi connectivity index (χ2v) is 8.17. The summed E-state index contributed by atoms with van der Waals surface area (Å²) in [6, 6.07) is 11.0. The van der Waals surface area contributed by atoms with Crippen molar-refractivity contribution in [3.8, 4) is 10.4 Å². The molecule has 4 rings (SSSR count). The molecule has 2 heterocycles. The molecular formula is C20H23FN2OS. The fourth-order valence-corrected chi connectivity index (χ4v) is 4.57. The molecule has 1 amide bonds. The Morgan fingerprint density at radius 1 is 1.12 bits per heavy atom. The van der Waals surface area contributed by atoms with E-state index >= 15 is 0 Å². The Balaban J connectivity index is 1.32. The van der Waals surface area contributed by atoms with Gasteiger partial charge in [-0.05, 0) is 42.7 Å². The number of hydrogen-bond donors (Lipinski definition) is 0. The summed E-state index contributed by atoms with van der Waals surface area (Å²) in [5, 5.41) is 0. The molecule has 2 aliphatic rings. The smallest absolute Gasteiger partial charge is 0.225 e. The molecule has 0 radical (unpaired) electrons. The zero-order valence-corrected chi connectivity index (χ0v) is 15.1. The van der Waals surface area contributed by atoms with Crippen molar-refractivity contribution in [2.75, 3.05) is 26.2 Å². The van der Waals surface area contributed by atoms with E-state index in [9.17, 15) is 9.18 Å². The van der Waals surface area contributed by atoms with Crippen molar-refractivity contribution in [1.82, 2.24) is 9.80 Å². The molecule has 132 valence electrons. The van der Waals surface area contributed by atoms with Gasteiger partial charge in [-0.25, -0.2) is 4.39 Å². The molecule has 1 aliphatic heterocycles. The fourth-order valence-electron chi connectivity index (χ4n) is 3.52. The second-order valence-electron chi connectivity index (χ2n) is 7.01. The van der Waals surface area contributed by atoms with Gasteiger partial charge >= 0.3 is 0 Å². The highest BCUT2D eigenvalue weighted by atomic mass is 32.1. The van der Waals surface area contributed by atoms with Gasteiger partial charge in [0, 0.05) is 48.4 Å². The van der Waals surface area contributed by atoms with Gasteiger partial charge in [-0.3, -0.25) is 9.69 Å². The molecule has 2 fully saturated rings. The number of benzene rings is 1. The average Bonchev–Trinajstić information content (AvgIpc) is 3.02. The summed E-state index contributed by atoms with van der Waals surface area (Å²) in [6.07, 6.45) is 3.37. The van der Waals surface area contributed by atoms with E-state index in [4.69, 9.17) is 0 Å². The Morgan fingerprint density at radius 2 is 1.92 bits per heavy atom. The van der Waals surface area contributed by atoms with Gasteiger partial charge in [0.1, 0.15) is 5.82 Å². The molecule has 0 spiro atoms. The van der Waals surface area contributed by atoms with Crippen molar-refractivity contribution >= 4 is 17.2 Å². The molecule has 2 aromatic rings. The van der Waals surface area contributed by atoms with Crippen LogP contribution in [0.3, 0.4) is 0 Å². The Morgan fingerprint density at radius 3 is 2.60 bits per heavy atom. The number of carbonyl (C=O) groups excluding carboxylic acids is 1. The van der Waals surface area contributed by atoms with E-state index in [1.165, 1.54) is 17.4 Å². The topological polar surface area (TPSA) is 23.6 Å². The molecule has 5 heteroatoms. The van der Waals surface area contributed by atoms with Crippen LogP contribution in [0.1, 0.15) is 24.1 Å². The lowest BCUT2D eigenvalue weighted by atomic mass is 9.84. The van der Waals surface area contributed by atoms with E-state index in [0.717, 1.165) is 56.0 Å². The Bertz CT molecular complexity index is 748. The number of halogens is 1. The quantitative estimate of drug-likeness (QED) is 0.825. The molecule has 1 aromatic carbocycles. The number of nitrogens with zero attached hydrogens (tertiary/aromatic N) is 2. The minimum Gasteiger partial charge on any atom is -0.340 e. The van der Waals surface area contributed by atoms with Gasteiger partial charge in [-0.1, -0.05) is 18.6 Å². The van der Waals surface area contributed by atoms with Crippen LogP contribution in [-0.2, 0) is 11.3 Å². The van der Waals surface area contributed by atoms with Crippen LogP contribution in [0.4, 0.5) is 4.39 Å².